The second-order valence-electron chi connectivity index (χ2n) is 8.91. The van der Waals surface area contributed by atoms with Crippen molar-refractivity contribution in [2.75, 3.05) is 10.2 Å². The lowest BCUT2D eigenvalue weighted by molar-refractivity contribution is -0.274. The maximum atomic E-state index is 13.4. The molecule has 0 radical (unpaired) electrons. The van der Waals surface area contributed by atoms with Crippen molar-refractivity contribution in [1.82, 2.24) is 15.2 Å². The van der Waals surface area contributed by atoms with Gasteiger partial charge in [-0.1, -0.05) is 30.3 Å². The molecule has 1 spiro atoms. The summed E-state index contributed by atoms with van der Waals surface area (Å²) < 4.78 is 41.3. The second-order valence-corrected chi connectivity index (χ2v) is 8.91. The molecule has 5 amide bonds. The number of hydrogen-bond acceptors (Lipinski definition) is 5. The average Bonchev–Trinajstić information content (AvgIpc) is 3.66. The van der Waals surface area contributed by atoms with Crippen molar-refractivity contribution in [3.63, 3.8) is 0 Å². The van der Waals surface area contributed by atoms with Crippen molar-refractivity contribution in [1.29, 1.82) is 0 Å². The Morgan fingerprint density at radius 3 is 2.39 bits per heavy atom. The van der Waals surface area contributed by atoms with E-state index in [1.54, 1.807) is 6.07 Å². The third-order valence-corrected chi connectivity index (χ3v) is 6.38. The highest BCUT2D eigenvalue weighted by molar-refractivity contribution is 6.24. The Kier molecular flexibility index (Phi) is 6.39. The summed E-state index contributed by atoms with van der Waals surface area (Å²) in [5.41, 5.74) is 0.967. The molecule has 1 saturated carbocycles. The van der Waals surface area contributed by atoms with E-state index in [1.807, 2.05) is 30.3 Å². The molecule has 3 aromatic rings. The molecule has 2 heterocycles. The van der Waals surface area contributed by atoms with Crippen molar-refractivity contribution in [3.05, 3.63) is 84.2 Å². The summed E-state index contributed by atoms with van der Waals surface area (Å²) in [7, 11) is 0. The predicted molar refractivity (Wildman–Crippen MR) is 130 cm³/mol. The normalized spacial score (nSPS) is 16.1. The Labute approximate surface area is 215 Å². The number of ether oxygens (including phenoxy) is 1. The summed E-state index contributed by atoms with van der Waals surface area (Å²) in [6.45, 7) is 0.333. The van der Waals surface area contributed by atoms with Crippen LogP contribution in [0.25, 0.3) is 0 Å². The molecule has 2 aromatic carbocycles. The van der Waals surface area contributed by atoms with Crippen LogP contribution in [0.3, 0.4) is 0 Å². The maximum Gasteiger partial charge on any atom is 0.573 e. The molecule has 1 aliphatic heterocycles. The molecule has 9 nitrogen and oxygen atoms in total. The van der Waals surface area contributed by atoms with Gasteiger partial charge in [-0.15, -0.1) is 13.2 Å². The van der Waals surface area contributed by atoms with Gasteiger partial charge in [-0.05, 0) is 54.3 Å². The van der Waals surface area contributed by atoms with Crippen molar-refractivity contribution >= 4 is 29.3 Å². The third-order valence-electron chi connectivity index (χ3n) is 6.38. The van der Waals surface area contributed by atoms with Crippen LogP contribution in [0.1, 0.15) is 24.0 Å². The third kappa shape index (κ3) is 5.10. The number of nitrogens with one attached hydrogen (secondary N) is 2. The summed E-state index contributed by atoms with van der Waals surface area (Å²) in [5.74, 6) is -0.910. The van der Waals surface area contributed by atoms with Gasteiger partial charge in [0.05, 0.1) is 24.1 Å². The molecule has 12 heteroatoms. The smallest absolute Gasteiger partial charge is 0.406 e. The lowest BCUT2D eigenvalue weighted by Crippen LogP contribution is -2.37. The molecule has 0 atom stereocenters. The predicted octanol–water partition coefficient (Wildman–Crippen LogP) is 4.80. The van der Waals surface area contributed by atoms with Gasteiger partial charge < -0.3 is 20.3 Å². The van der Waals surface area contributed by atoms with E-state index in [4.69, 9.17) is 0 Å². The first-order valence-electron chi connectivity index (χ1n) is 11.7. The van der Waals surface area contributed by atoms with Crippen molar-refractivity contribution in [3.8, 4) is 5.75 Å². The van der Waals surface area contributed by atoms with Crippen LogP contribution in [0.2, 0.25) is 0 Å². The Bertz CT molecular complexity index is 1360. The molecule has 5 rings (SSSR count). The van der Waals surface area contributed by atoms with Crippen molar-refractivity contribution in [2.24, 2.45) is 0 Å². The highest BCUT2D eigenvalue weighted by Crippen LogP contribution is 2.50. The number of carbonyl (C=O) groups is 3. The molecule has 1 saturated heterocycles. The maximum absolute atomic E-state index is 13.4. The molecular formula is C26H22F3N5O4. The van der Waals surface area contributed by atoms with Gasteiger partial charge in [-0.25, -0.2) is 14.5 Å². The van der Waals surface area contributed by atoms with E-state index in [9.17, 15) is 27.6 Å². The minimum atomic E-state index is -4.86. The number of rotatable bonds is 7. The van der Waals surface area contributed by atoms with Gasteiger partial charge in [0.15, 0.2) is 0 Å². The number of halogens is 3. The number of imide groups is 1. The molecule has 1 aromatic heterocycles. The molecule has 1 aliphatic carbocycles. The van der Waals surface area contributed by atoms with E-state index in [0.29, 0.717) is 30.6 Å². The molecular weight excluding hydrogens is 503 g/mol. The topological polar surface area (TPSA) is 104 Å². The fourth-order valence-corrected chi connectivity index (χ4v) is 4.35. The summed E-state index contributed by atoms with van der Waals surface area (Å²) in [6, 6.07) is 14.5. The number of benzene rings is 2. The van der Waals surface area contributed by atoms with Gasteiger partial charge in [0.1, 0.15) is 11.3 Å². The van der Waals surface area contributed by atoms with Crippen molar-refractivity contribution < 1.29 is 32.3 Å². The van der Waals surface area contributed by atoms with Gasteiger partial charge >= 0.3 is 18.4 Å². The number of pyridine rings is 1. The Balaban J connectivity index is 1.30. The van der Waals surface area contributed by atoms with Crippen molar-refractivity contribution in [2.45, 2.75) is 37.8 Å². The average molecular weight is 525 g/mol. The van der Waals surface area contributed by atoms with Crippen LogP contribution >= 0.6 is 0 Å². The number of aromatic nitrogens is 1. The first-order chi connectivity index (χ1) is 18.2. The van der Waals surface area contributed by atoms with Crippen LogP contribution in [0.15, 0.2) is 73.1 Å². The summed E-state index contributed by atoms with van der Waals surface area (Å²) in [4.78, 5) is 45.6. The van der Waals surface area contributed by atoms with Gasteiger partial charge in [0, 0.05) is 12.7 Å². The number of carbonyl (C=O) groups excluding carboxylic acids is 3. The highest BCUT2D eigenvalue weighted by Gasteiger charge is 2.65. The van der Waals surface area contributed by atoms with E-state index < -0.39 is 35.6 Å². The SMILES string of the molecule is O=C(NCc1ccccc1)Nc1cnccc1CN1C(=O)N(c2ccc(OC(F)(F)F)cc2)C(=O)C12CC2. The Morgan fingerprint density at radius 2 is 1.74 bits per heavy atom. The summed E-state index contributed by atoms with van der Waals surface area (Å²) in [6.07, 6.45) is -0.980. The number of amides is 5. The van der Waals surface area contributed by atoms with Crippen LogP contribution in [-0.2, 0) is 17.9 Å². The molecule has 0 bridgehead atoms. The number of nitrogens with zero attached hydrogens (tertiary/aromatic N) is 3. The highest BCUT2D eigenvalue weighted by atomic mass is 19.4. The molecule has 38 heavy (non-hydrogen) atoms. The van der Waals surface area contributed by atoms with Gasteiger partial charge in [0.25, 0.3) is 5.91 Å². The zero-order valence-corrected chi connectivity index (χ0v) is 19.9. The fraction of sp³-hybridized carbons (Fsp3) is 0.231. The second kappa shape index (κ2) is 9.69. The molecule has 0 unspecified atom stereocenters. The molecule has 2 aliphatic rings. The van der Waals surface area contributed by atoms with Gasteiger partial charge in [-0.3, -0.25) is 9.78 Å². The number of urea groups is 2. The molecule has 2 fully saturated rings. The van der Waals surface area contributed by atoms with E-state index in [-0.39, 0.29) is 12.2 Å². The standard InChI is InChI=1S/C26H22F3N5O4/c27-26(28,29)38-20-8-6-19(7-9-20)34-22(35)25(11-12-25)33(24(34)37)16-18-10-13-30-15-21(18)32-23(36)31-14-17-4-2-1-3-5-17/h1-10,13,15H,11-12,14,16H2,(H2,31,32,36). The van der Waals surface area contributed by atoms with Gasteiger partial charge in [0.2, 0.25) is 0 Å². The van der Waals surface area contributed by atoms with Crippen LogP contribution in [0.4, 0.5) is 34.1 Å². The zero-order valence-electron chi connectivity index (χ0n) is 19.9. The van der Waals surface area contributed by atoms with Crippen LogP contribution < -0.4 is 20.3 Å². The first kappa shape index (κ1) is 25.1. The number of hydrogen-bond donors (Lipinski definition) is 2. The first-order valence-corrected chi connectivity index (χ1v) is 11.7. The Morgan fingerprint density at radius 1 is 1.03 bits per heavy atom. The number of alkyl halides is 3. The monoisotopic (exact) mass is 525 g/mol. The Hall–Kier alpha value is -4.61. The number of anilines is 2. The lowest BCUT2D eigenvalue weighted by atomic mass is 10.1. The van der Waals surface area contributed by atoms with Crippen LogP contribution in [0, 0.1) is 0 Å². The van der Waals surface area contributed by atoms with E-state index in [1.165, 1.54) is 29.4 Å². The van der Waals surface area contributed by atoms with E-state index in [0.717, 1.165) is 22.6 Å². The quantitative estimate of drug-likeness (QED) is 0.431. The minimum Gasteiger partial charge on any atom is -0.406 e. The fourth-order valence-electron chi connectivity index (χ4n) is 4.35. The van der Waals surface area contributed by atoms with Crippen LogP contribution in [-0.4, -0.2) is 39.8 Å². The molecule has 196 valence electrons. The summed E-state index contributed by atoms with van der Waals surface area (Å²) in [5, 5.41) is 5.50. The molecule has 2 N–H and O–H groups in total. The van der Waals surface area contributed by atoms with Gasteiger partial charge in [-0.2, -0.15) is 0 Å². The summed E-state index contributed by atoms with van der Waals surface area (Å²) >= 11 is 0. The largest absolute Gasteiger partial charge is 0.573 e. The van der Waals surface area contributed by atoms with E-state index in [2.05, 4.69) is 20.4 Å². The van der Waals surface area contributed by atoms with E-state index >= 15 is 0 Å². The minimum absolute atomic E-state index is 0.0210. The zero-order chi connectivity index (χ0) is 26.9. The van der Waals surface area contributed by atoms with Crippen LogP contribution in [0.5, 0.6) is 5.75 Å². The lowest BCUT2D eigenvalue weighted by Gasteiger charge is -2.23.